The number of ether oxygens (including phenoxy) is 1. The molecule has 0 unspecified atom stereocenters. The molecule has 0 N–H and O–H groups in total. The highest BCUT2D eigenvalue weighted by molar-refractivity contribution is 8.18. The van der Waals surface area contributed by atoms with Gasteiger partial charge < -0.3 is 8.92 Å². The second-order valence-corrected chi connectivity index (χ2v) is 11.0. The number of hydrogen-bond donors (Lipinski definition) is 0. The molecule has 37 heavy (non-hydrogen) atoms. The molecule has 1 aliphatic heterocycles. The number of rotatable bonds is 8. The fraction of sp³-hybridized carbons (Fsp3) is 0.120. The van der Waals surface area contributed by atoms with E-state index in [0.717, 1.165) is 22.7 Å². The molecule has 1 aliphatic rings. The van der Waals surface area contributed by atoms with Gasteiger partial charge in [0.2, 0.25) is 0 Å². The Bertz CT molecular complexity index is 1510. The predicted molar refractivity (Wildman–Crippen MR) is 140 cm³/mol. The summed E-state index contributed by atoms with van der Waals surface area (Å²) in [6.45, 7) is 1.83. The van der Waals surface area contributed by atoms with Gasteiger partial charge >= 0.3 is 10.1 Å². The van der Waals surface area contributed by atoms with Crippen LogP contribution >= 0.6 is 35.0 Å². The highest BCUT2D eigenvalue weighted by Gasteiger charge is 2.35. The summed E-state index contributed by atoms with van der Waals surface area (Å²) in [7, 11) is -4.16. The summed E-state index contributed by atoms with van der Waals surface area (Å²) >= 11 is 12.6. The molecule has 0 aromatic heterocycles. The molecule has 0 saturated carbocycles. The van der Waals surface area contributed by atoms with Crippen LogP contribution in [0.15, 0.2) is 70.5 Å². The average molecular weight is 582 g/mol. The van der Waals surface area contributed by atoms with Gasteiger partial charge in [-0.05, 0) is 84.4 Å². The number of thioether (sulfide) groups is 1. The van der Waals surface area contributed by atoms with E-state index < -0.39 is 27.1 Å². The standard InChI is InChI=1S/C25H18Cl2FNO6S2/c1-2-34-22-11-15(3-10-21(22)35-37(32,33)19-8-5-17(26)6-9-19)12-23-24(30)29(25(31)36-23)14-16-4-7-18(28)13-20(16)27/h3-13H,2,14H2,1H3/b23-12-. The molecule has 0 spiro atoms. The Balaban J connectivity index is 1.57. The number of benzene rings is 3. The molecule has 7 nitrogen and oxygen atoms in total. The van der Waals surface area contributed by atoms with E-state index in [1.54, 1.807) is 6.92 Å². The first kappa shape index (κ1) is 27.0. The molecule has 12 heteroatoms. The first-order chi connectivity index (χ1) is 17.6. The second-order valence-electron chi connectivity index (χ2n) is 7.63. The van der Waals surface area contributed by atoms with Crippen LogP contribution in [0.4, 0.5) is 9.18 Å². The van der Waals surface area contributed by atoms with Crippen LogP contribution in [0.25, 0.3) is 6.08 Å². The molecule has 2 amide bonds. The summed E-state index contributed by atoms with van der Waals surface area (Å²) in [6, 6.07) is 13.6. The van der Waals surface area contributed by atoms with Crippen molar-refractivity contribution in [2.45, 2.75) is 18.4 Å². The zero-order valence-corrected chi connectivity index (χ0v) is 22.3. The number of imide groups is 1. The number of hydrogen-bond acceptors (Lipinski definition) is 7. The maximum atomic E-state index is 13.3. The van der Waals surface area contributed by atoms with Gasteiger partial charge in [0.1, 0.15) is 10.7 Å². The number of halogens is 3. The van der Waals surface area contributed by atoms with Crippen molar-refractivity contribution in [1.29, 1.82) is 0 Å². The van der Waals surface area contributed by atoms with Crippen molar-refractivity contribution >= 4 is 62.3 Å². The van der Waals surface area contributed by atoms with Crippen LogP contribution in [0.5, 0.6) is 11.5 Å². The maximum Gasteiger partial charge on any atom is 0.339 e. The van der Waals surface area contributed by atoms with Crippen LogP contribution < -0.4 is 8.92 Å². The van der Waals surface area contributed by atoms with Gasteiger partial charge in [-0.15, -0.1) is 0 Å². The van der Waals surface area contributed by atoms with E-state index in [0.29, 0.717) is 16.1 Å². The molecule has 0 bridgehead atoms. The van der Waals surface area contributed by atoms with E-state index in [-0.39, 0.29) is 39.5 Å². The van der Waals surface area contributed by atoms with E-state index in [4.69, 9.17) is 32.1 Å². The smallest absolute Gasteiger partial charge is 0.339 e. The molecule has 1 saturated heterocycles. The zero-order chi connectivity index (χ0) is 26.7. The molecule has 0 aliphatic carbocycles. The molecule has 192 valence electrons. The Kier molecular flexibility index (Phi) is 8.13. The minimum absolute atomic E-state index is 0.0481. The largest absolute Gasteiger partial charge is 0.490 e. The number of nitrogens with zero attached hydrogens (tertiary/aromatic N) is 1. The summed E-state index contributed by atoms with van der Waals surface area (Å²) in [4.78, 5) is 26.5. The number of carbonyl (C=O) groups is 2. The highest BCUT2D eigenvalue weighted by Crippen LogP contribution is 2.36. The van der Waals surface area contributed by atoms with E-state index in [1.807, 2.05) is 0 Å². The fourth-order valence-electron chi connectivity index (χ4n) is 3.33. The molecule has 3 aromatic carbocycles. The topological polar surface area (TPSA) is 90.0 Å². The average Bonchev–Trinajstić information content (AvgIpc) is 3.10. The highest BCUT2D eigenvalue weighted by atomic mass is 35.5. The lowest BCUT2D eigenvalue weighted by Gasteiger charge is -2.14. The predicted octanol–water partition coefficient (Wildman–Crippen LogP) is 6.54. The van der Waals surface area contributed by atoms with Crippen molar-refractivity contribution in [3.63, 3.8) is 0 Å². The third kappa shape index (κ3) is 6.27. The molecular formula is C25H18Cl2FNO6S2. The third-order valence-corrected chi connectivity index (χ3v) is 7.84. The molecule has 0 atom stereocenters. The summed E-state index contributed by atoms with van der Waals surface area (Å²) in [5.74, 6) is -0.987. The van der Waals surface area contributed by atoms with Gasteiger partial charge in [-0.25, -0.2) is 4.39 Å². The van der Waals surface area contributed by atoms with Crippen LogP contribution in [-0.2, 0) is 21.5 Å². The quantitative estimate of drug-likeness (QED) is 0.220. The van der Waals surface area contributed by atoms with Crippen LogP contribution in [-0.4, -0.2) is 31.1 Å². The summed E-state index contributed by atoms with van der Waals surface area (Å²) in [6.07, 6.45) is 1.48. The van der Waals surface area contributed by atoms with Crippen molar-refractivity contribution in [1.82, 2.24) is 4.90 Å². The normalized spacial score (nSPS) is 14.9. The Hall–Kier alpha value is -3.05. The lowest BCUT2D eigenvalue weighted by Crippen LogP contribution is -2.27. The van der Waals surface area contributed by atoms with E-state index in [9.17, 15) is 22.4 Å². The van der Waals surface area contributed by atoms with Gasteiger partial charge in [-0.1, -0.05) is 35.3 Å². The number of carbonyl (C=O) groups excluding carboxylic acids is 2. The fourth-order valence-corrected chi connectivity index (χ4v) is 5.46. The minimum Gasteiger partial charge on any atom is -0.490 e. The molecule has 3 aromatic rings. The van der Waals surface area contributed by atoms with Crippen molar-refractivity contribution in [2.24, 2.45) is 0 Å². The van der Waals surface area contributed by atoms with Gasteiger partial charge in [0, 0.05) is 10.0 Å². The van der Waals surface area contributed by atoms with Gasteiger partial charge in [0.15, 0.2) is 11.5 Å². The van der Waals surface area contributed by atoms with Gasteiger partial charge in [-0.2, -0.15) is 8.42 Å². The van der Waals surface area contributed by atoms with E-state index in [1.165, 1.54) is 60.7 Å². The van der Waals surface area contributed by atoms with Gasteiger partial charge in [0.05, 0.1) is 18.1 Å². The van der Waals surface area contributed by atoms with Crippen molar-refractivity contribution in [2.75, 3.05) is 6.61 Å². The zero-order valence-electron chi connectivity index (χ0n) is 19.1. The Morgan fingerprint density at radius 2 is 1.73 bits per heavy atom. The molecule has 1 fully saturated rings. The molecule has 0 radical (unpaired) electrons. The first-order valence-corrected chi connectivity index (χ1v) is 13.7. The third-order valence-electron chi connectivity index (χ3n) is 5.08. The monoisotopic (exact) mass is 581 g/mol. The second kappa shape index (κ2) is 11.1. The lowest BCUT2D eigenvalue weighted by atomic mass is 10.1. The molecule has 1 heterocycles. The van der Waals surface area contributed by atoms with Crippen LogP contribution in [0, 0.1) is 5.82 Å². The lowest BCUT2D eigenvalue weighted by molar-refractivity contribution is -0.123. The van der Waals surface area contributed by atoms with Crippen molar-refractivity contribution in [3.8, 4) is 11.5 Å². The van der Waals surface area contributed by atoms with E-state index in [2.05, 4.69) is 0 Å². The van der Waals surface area contributed by atoms with Crippen molar-refractivity contribution < 1.29 is 31.3 Å². The van der Waals surface area contributed by atoms with Gasteiger partial charge in [0.25, 0.3) is 11.1 Å². The van der Waals surface area contributed by atoms with Crippen molar-refractivity contribution in [3.05, 3.63) is 92.6 Å². The maximum absolute atomic E-state index is 13.3. The van der Waals surface area contributed by atoms with Crippen LogP contribution in [0.2, 0.25) is 10.0 Å². The minimum atomic E-state index is -4.16. The Labute approximate surface area is 226 Å². The Morgan fingerprint density at radius 3 is 2.41 bits per heavy atom. The Morgan fingerprint density at radius 1 is 1.00 bits per heavy atom. The SMILES string of the molecule is CCOc1cc(/C=C2\SC(=O)N(Cc3ccc(F)cc3Cl)C2=O)ccc1OS(=O)(=O)c1ccc(Cl)cc1. The van der Waals surface area contributed by atoms with Crippen LogP contribution in [0.3, 0.4) is 0 Å². The molecular weight excluding hydrogens is 564 g/mol. The summed E-state index contributed by atoms with van der Waals surface area (Å²) in [5, 5.41) is -0.0207. The molecule has 4 rings (SSSR count). The summed E-state index contributed by atoms with van der Waals surface area (Å²) in [5.41, 5.74) is 0.902. The van der Waals surface area contributed by atoms with Crippen LogP contribution in [0.1, 0.15) is 18.1 Å². The van der Waals surface area contributed by atoms with E-state index >= 15 is 0 Å². The van der Waals surface area contributed by atoms with Gasteiger partial charge in [-0.3, -0.25) is 14.5 Å². The first-order valence-electron chi connectivity index (χ1n) is 10.7. The number of amides is 2. The summed E-state index contributed by atoms with van der Waals surface area (Å²) < 4.78 is 49.5.